The highest BCUT2D eigenvalue weighted by Gasteiger charge is 2.31. The molecule has 4 nitrogen and oxygen atoms in total. The molecule has 1 aromatic heterocycles. The first kappa shape index (κ1) is 12.8. The lowest BCUT2D eigenvalue weighted by Crippen LogP contribution is -2.32. The molecule has 0 saturated carbocycles. The molecular formula is C15H16FN3O. The van der Waals surface area contributed by atoms with Gasteiger partial charge >= 0.3 is 0 Å². The van der Waals surface area contributed by atoms with Crippen molar-refractivity contribution in [2.45, 2.75) is 25.3 Å². The van der Waals surface area contributed by atoms with Crippen LogP contribution in [0.1, 0.15) is 30.3 Å². The van der Waals surface area contributed by atoms with Crippen LogP contribution >= 0.6 is 0 Å². The molecule has 0 aliphatic carbocycles. The SMILES string of the molecule is O=C(Cc1cccc(F)c1)N1CCC[C@H]1c1ncc[nH]1. The summed E-state index contributed by atoms with van der Waals surface area (Å²) in [7, 11) is 0. The molecular weight excluding hydrogens is 257 g/mol. The predicted octanol–water partition coefficient (Wildman–Crippen LogP) is 2.46. The van der Waals surface area contributed by atoms with Gasteiger partial charge in [0, 0.05) is 18.9 Å². The molecule has 20 heavy (non-hydrogen) atoms. The Hall–Kier alpha value is -2.17. The highest BCUT2D eigenvalue weighted by molar-refractivity contribution is 5.79. The van der Waals surface area contributed by atoms with Gasteiger partial charge in [0.25, 0.3) is 0 Å². The topological polar surface area (TPSA) is 49.0 Å². The number of nitrogens with one attached hydrogen (secondary N) is 1. The molecule has 0 unspecified atom stereocenters. The molecule has 0 bridgehead atoms. The lowest BCUT2D eigenvalue weighted by molar-refractivity contribution is -0.131. The smallest absolute Gasteiger partial charge is 0.227 e. The number of halogens is 1. The number of rotatable bonds is 3. The van der Waals surface area contributed by atoms with Gasteiger partial charge in [-0.2, -0.15) is 0 Å². The van der Waals surface area contributed by atoms with Gasteiger partial charge in [-0.3, -0.25) is 4.79 Å². The molecule has 1 amide bonds. The molecule has 2 heterocycles. The highest BCUT2D eigenvalue weighted by Crippen LogP contribution is 2.30. The van der Waals surface area contributed by atoms with E-state index in [1.165, 1.54) is 12.1 Å². The lowest BCUT2D eigenvalue weighted by atomic mass is 10.1. The summed E-state index contributed by atoms with van der Waals surface area (Å²) in [5.41, 5.74) is 0.708. The second-order valence-corrected chi connectivity index (χ2v) is 5.03. The Labute approximate surface area is 116 Å². The number of H-pyrrole nitrogens is 1. The zero-order valence-corrected chi connectivity index (χ0v) is 11.1. The van der Waals surface area contributed by atoms with E-state index in [-0.39, 0.29) is 24.2 Å². The van der Waals surface area contributed by atoms with Gasteiger partial charge in [0.1, 0.15) is 11.6 Å². The van der Waals surface area contributed by atoms with Crippen molar-refractivity contribution in [3.8, 4) is 0 Å². The van der Waals surface area contributed by atoms with E-state index in [2.05, 4.69) is 9.97 Å². The molecule has 1 atom stereocenters. The van der Waals surface area contributed by atoms with Crippen LogP contribution in [0.2, 0.25) is 0 Å². The summed E-state index contributed by atoms with van der Waals surface area (Å²) in [5, 5.41) is 0. The maximum Gasteiger partial charge on any atom is 0.227 e. The van der Waals surface area contributed by atoms with Crippen molar-refractivity contribution in [1.82, 2.24) is 14.9 Å². The third kappa shape index (κ3) is 2.57. The zero-order valence-electron chi connectivity index (χ0n) is 11.1. The Kier molecular flexibility index (Phi) is 3.50. The normalized spacial score (nSPS) is 18.4. The lowest BCUT2D eigenvalue weighted by Gasteiger charge is -2.23. The van der Waals surface area contributed by atoms with E-state index >= 15 is 0 Å². The Bertz CT molecular complexity index is 597. The summed E-state index contributed by atoms with van der Waals surface area (Å²) in [6.07, 6.45) is 5.59. The molecule has 3 rings (SSSR count). The fourth-order valence-corrected chi connectivity index (χ4v) is 2.73. The average molecular weight is 273 g/mol. The van der Waals surface area contributed by atoms with Crippen LogP contribution in [0.25, 0.3) is 0 Å². The van der Waals surface area contributed by atoms with Gasteiger partial charge in [-0.1, -0.05) is 12.1 Å². The van der Waals surface area contributed by atoms with E-state index in [9.17, 15) is 9.18 Å². The van der Waals surface area contributed by atoms with Crippen LogP contribution in [-0.4, -0.2) is 27.3 Å². The molecule has 1 saturated heterocycles. The molecule has 2 aromatic rings. The first-order chi connectivity index (χ1) is 9.74. The molecule has 0 spiro atoms. The minimum Gasteiger partial charge on any atom is -0.347 e. The van der Waals surface area contributed by atoms with Gasteiger partial charge in [0.15, 0.2) is 0 Å². The van der Waals surface area contributed by atoms with Gasteiger partial charge in [-0.05, 0) is 30.5 Å². The standard InChI is InChI=1S/C15H16FN3O/c16-12-4-1-3-11(9-12)10-14(20)19-8-2-5-13(19)15-17-6-7-18-15/h1,3-4,6-7,9,13H,2,5,8,10H2,(H,17,18)/t13-/m0/s1. The number of hydrogen-bond donors (Lipinski definition) is 1. The monoisotopic (exact) mass is 273 g/mol. The third-order valence-electron chi connectivity index (χ3n) is 3.65. The minimum absolute atomic E-state index is 0.0195. The van der Waals surface area contributed by atoms with E-state index in [0.717, 1.165) is 25.2 Å². The molecule has 1 aromatic carbocycles. The largest absolute Gasteiger partial charge is 0.347 e. The number of likely N-dealkylation sites (tertiary alicyclic amines) is 1. The van der Waals surface area contributed by atoms with Crippen LogP contribution in [0.3, 0.4) is 0 Å². The van der Waals surface area contributed by atoms with Gasteiger partial charge in [-0.15, -0.1) is 0 Å². The molecule has 0 radical (unpaired) electrons. The van der Waals surface area contributed by atoms with Crippen LogP contribution in [0, 0.1) is 5.82 Å². The maximum absolute atomic E-state index is 13.2. The molecule has 5 heteroatoms. The third-order valence-corrected chi connectivity index (χ3v) is 3.65. The van der Waals surface area contributed by atoms with Crippen molar-refractivity contribution in [3.05, 3.63) is 53.9 Å². The quantitative estimate of drug-likeness (QED) is 0.933. The second-order valence-electron chi connectivity index (χ2n) is 5.03. The summed E-state index contributed by atoms with van der Waals surface area (Å²) in [6.45, 7) is 0.736. The summed E-state index contributed by atoms with van der Waals surface area (Å²) < 4.78 is 13.2. The molecule has 1 N–H and O–H groups in total. The first-order valence-electron chi connectivity index (χ1n) is 6.77. The Morgan fingerprint density at radius 1 is 1.50 bits per heavy atom. The van der Waals surface area contributed by atoms with Gasteiger partial charge in [-0.25, -0.2) is 9.37 Å². The Morgan fingerprint density at radius 2 is 2.40 bits per heavy atom. The maximum atomic E-state index is 13.2. The number of aromatic nitrogens is 2. The minimum atomic E-state index is -0.306. The van der Waals surface area contributed by atoms with E-state index in [1.54, 1.807) is 24.5 Å². The van der Waals surface area contributed by atoms with Gasteiger partial charge in [0.05, 0.1) is 12.5 Å². The van der Waals surface area contributed by atoms with Crippen LogP contribution < -0.4 is 0 Å². The summed E-state index contributed by atoms with van der Waals surface area (Å²) in [5.74, 6) is 0.545. The van der Waals surface area contributed by atoms with Gasteiger partial charge in [0.2, 0.25) is 5.91 Å². The molecule has 104 valence electrons. The van der Waals surface area contributed by atoms with E-state index < -0.39 is 0 Å². The fourth-order valence-electron chi connectivity index (χ4n) is 2.73. The predicted molar refractivity (Wildman–Crippen MR) is 72.4 cm³/mol. The summed E-state index contributed by atoms with van der Waals surface area (Å²) in [6, 6.07) is 6.22. The fraction of sp³-hybridized carbons (Fsp3) is 0.333. The average Bonchev–Trinajstić information content (AvgIpc) is 3.09. The van der Waals surface area contributed by atoms with E-state index in [4.69, 9.17) is 0 Å². The number of aromatic amines is 1. The Balaban J connectivity index is 1.73. The number of amides is 1. The number of carbonyl (C=O) groups is 1. The number of carbonyl (C=O) groups excluding carboxylic acids is 1. The van der Waals surface area contributed by atoms with Crippen LogP contribution in [0.4, 0.5) is 4.39 Å². The Morgan fingerprint density at radius 3 is 3.15 bits per heavy atom. The van der Waals surface area contributed by atoms with Crippen molar-refractivity contribution in [3.63, 3.8) is 0 Å². The second kappa shape index (κ2) is 5.45. The number of hydrogen-bond acceptors (Lipinski definition) is 2. The molecule has 1 fully saturated rings. The van der Waals surface area contributed by atoms with Crippen molar-refractivity contribution >= 4 is 5.91 Å². The van der Waals surface area contributed by atoms with E-state index in [1.807, 2.05) is 4.90 Å². The van der Waals surface area contributed by atoms with Gasteiger partial charge < -0.3 is 9.88 Å². The number of benzene rings is 1. The van der Waals surface area contributed by atoms with Crippen molar-refractivity contribution in [2.24, 2.45) is 0 Å². The van der Waals surface area contributed by atoms with Crippen LogP contribution in [0.15, 0.2) is 36.7 Å². The molecule has 1 aliphatic rings. The van der Waals surface area contributed by atoms with E-state index in [0.29, 0.717) is 5.56 Å². The van der Waals surface area contributed by atoms with Crippen molar-refractivity contribution in [1.29, 1.82) is 0 Å². The van der Waals surface area contributed by atoms with Crippen molar-refractivity contribution in [2.75, 3.05) is 6.54 Å². The summed E-state index contributed by atoms with van der Waals surface area (Å²) in [4.78, 5) is 21.5. The van der Waals surface area contributed by atoms with Crippen molar-refractivity contribution < 1.29 is 9.18 Å². The molecule has 1 aliphatic heterocycles. The highest BCUT2D eigenvalue weighted by atomic mass is 19.1. The summed E-state index contributed by atoms with van der Waals surface area (Å²) >= 11 is 0. The van der Waals surface area contributed by atoms with Crippen LogP contribution in [0.5, 0.6) is 0 Å². The zero-order chi connectivity index (χ0) is 13.9. The number of imidazole rings is 1. The first-order valence-corrected chi connectivity index (χ1v) is 6.77. The number of nitrogens with zero attached hydrogens (tertiary/aromatic N) is 2. The van der Waals surface area contributed by atoms with Crippen LogP contribution in [-0.2, 0) is 11.2 Å².